The van der Waals surface area contributed by atoms with Gasteiger partial charge in [-0.05, 0) is 97.1 Å². The van der Waals surface area contributed by atoms with Gasteiger partial charge in [0.2, 0.25) is 0 Å². The van der Waals surface area contributed by atoms with Crippen molar-refractivity contribution in [1.82, 2.24) is 0 Å². The van der Waals surface area contributed by atoms with E-state index >= 15 is 0 Å². The number of aryl methyl sites for hydroxylation is 1. The highest BCUT2D eigenvalue weighted by atomic mass is 16.3. The maximum atomic E-state index is 5.11. The Kier molecular flexibility index (Phi) is 12.8. The van der Waals surface area contributed by atoms with Crippen LogP contribution >= 0.6 is 0 Å². The zero-order chi connectivity index (χ0) is 20.6. The maximum Gasteiger partial charge on any atom is 0.0934 e. The predicted octanol–water partition coefficient (Wildman–Crippen LogP) is 8.91. The van der Waals surface area contributed by atoms with Gasteiger partial charge in [-0.2, -0.15) is 0 Å². The summed E-state index contributed by atoms with van der Waals surface area (Å²) < 4.78 is 5.11. The van der Waals surface area contributed by atoms with E-state index in [0.717, 1.165) is 44.9 Å². The molecule has 0 fully saturated rings. The summed E-state index contributed by atoms with van der Waals surface area (Å²) in [5, 5.41) is 0. The lowest BCUT2D eigenvalue weighted by molar-refractivity contribution is 0.564. The van der Waals surface area contributed by atoms with Gasteiger partial charge in [-0.25, -0.2) is 0 Å². The van der Waals surface area contributed by atoms with Gasteiger partial charge in [0.05, 0.1) is 12.5 Å². The molecule has 1 aromatic heterocycles. The van der Waals surface area contributed by atoms with Gasteiger partial charge in [-0.1, -0.05) is 52.7 Å². The lowest BCUT2D eigenvalue weighted by Gasteiger charge is -2.03. The molecule has 1 aromatic rings. The monoisotopic (exact) mass is 380 g/mol. The number of furan rings is 1. The highest BCUT2D eigenvalue weighted by Crippen LogP contribution is 2.14. The summed E-state index contributed by atoms with van der Waals surface area (Å²) in [4.78, 5) is 0. The molecule has 0 bridgehead atoms. The van der Waals surface area contributed by atoms with Crippen LogP contribution in [0.2, 0.25) is 0 Å². The summed E-state index contributed by atoms with van der Waals surface area (Å²) in [5.74, 6) is 0. The molecule has 0 radical (unpaired) electrons. The minimum Gasteiger partial charge on any atom is -0.472 e. The zero-order valence-electron chi connectivity index (χ0n) is 18.6. The van der Waals surface area contributed by atoms with Crippen LogP contribution in [0.5, 0.6) is 0 Å². The van der Waals surface area contributed by atoms with Gasteiger partial charge in [0.15, 0.2) is 0 Å². The average molecular weight is 381 g/mol. The summed E-state index contributed by atoms with van der Waals surface area (Å²) in [6.07, 6.45) is 25.2. The van der Waals surface area contributed by atoms with Crippen LogP contribution in [0.4, 0.5) is 0 Å². The zero-order valence-corrected chi connectivity index (χ0v) is 18.6. The normalized spacial score (nSPS) is 13.9. The van der Waals surface area contributed by atoms with E-state index in [0.29, 0.717) is 0 Å². The molecule has 0 aromatic carbocycles. The van der Waals surface area contributed by atoms with E-state index in [2.05, 4.69) is 58.6 Å². The van der Waals surface area contributed by atoms with Crippen LogP contribution in [-0.2, 0) is 6.42 Å². The van der Waals surface area contributed by atoms with Crippen molar-refractivity contribution in [3.8, 4) is 0 Å². The van der Waals surface area contributed by atoms with Gasteiger partial charge >= 0.3 is 0 Å². The smallest absolute Gasteiger partial charge is 0.0934 e. The van der Waals surface area contributed by atoms with Gasteiger partial charge in [0.25, 0.3) is 0 Å². The summed E-state index contributed by atoms with van der Waals surface area (Å²) >= 11 is 0. The van der Waals surface area contributed by atoms with E-state index in [-0.39, 0.29) is 0 Å². The van der Waals surface area contributed by atoms with E-state index in [4.69, 9.17) is 4.42 Å². The van der Waals surface area contributed by atoms with E-state index in [1.807, 2.05) is 18.4 Å². The van der Waals surface area contributed by atoms with Crippen molar-refractivity contribution in [1.29, 1.82) is 0 Å². The summed E-state index contributed by atoms with van der Waals surface area (Å²) in [5.41, 5.74) is 7.21. The molecule has 1 heterocycles. The fraction of sp³-hybridized carbons (Fsp3) is 0.481. The fourth-order valence-electron chi connectivity index (χ4n) is 3.18. The van der Waals surface area contributed by atoms with Crippen molar-refractivity contribution in [3.05, 3.63) is 83.4 Å². The van der Waals surface area contributed by atoms with Gasteiger partial charge in [-0.3, -0.25) is 0 Å². The van der Waals surface area contributed by atoms with Crippen LogP contribution in [0.25, 0.3) is 0 Å². The summed E-state index contributed by atoms with van der Waals surface area (Å²) in [6.45, 7) is 12.7. The molecule has 0 aliphatic carbocycles. The molecule has 0 N–H and O–H groups in total. The quantitative estimate of drug-likeness (QED) is 0.294. The van der Waals surface area contributed by atoms with Gasteiger partial charge in [0, 0.05) is 0 Å². The fourth-order valence-corrected chi connectivity index (χ4v) is 3.18. The van der Waals surface area contributed by atoms with Crippen LogP contribution in [0.1, 0.15) is 84.6 Å². The largest absolute Gasteiger partial charge is 0.472 e. The molecule has 0 atom stereocenters. The average Bonchev–Trinajstić information content (AvgIpc) is 3.15. The number of hydrogen-bond acceptors (Lipinski definition) is 1. The van der Waals surface area contributed by atoms with E-state index in [9.17, 15) is 0 Å². The van der Waals surface area contributed by atoms with E-state index in [1.165, 1.54) is 40.7 Å². The van der Waals surface area contributed by atoms with Crippen LogP contribution in [0.15, 0.2) is 82.3 Å². The Bertz CT molecular complexity index is 665. The van der Waals surface area contributed by atoms with Crippen molar-refractivity contribution in [3.63, 3.8) is 0 Å². The molecule has 28 heavy (non-hydrogen) atoms. The molecule has 0 aliphatic rings. The Hall–Kier alpha value is -2.02. The van der Waals surface area contributed by atoms with E-state index < -0.39 is 0 Å². The molecule has 1 heteroatoms. The van der Waals surface area contributed by atoms with Crippen molar-refractivity contribution in [2.24, 2.45) is 0 Å². The van der Waals surface area contributed by atoms with Gasteiger partial charge in [-0.15, -0.1) is 6.58 Å². The minimum atomic E-state index is 1.01. The molecule has 154 valence electrons. The third kappa shape index (κ3) is 12.4. The SMILES string of the molecule is C=CCC(C)=CCCC(C)=CCCC(C)=CCCC(C)=CCCc1ccoc1. The standard InChI is InChI=1S/C27H40O/c1-6-11-23(2)12-7-13-24(3)14-8-15-25(4)16-9-17-26(5)18-10-19-27-20-21-28-22-27/h6,12,14,16,18,20-22H,1,7-11,13,15,17,19H2,2-5H3. The Labute approximate surface area is 173 Å². The van der Waals surface area contributed by atoms with Crippen LogP contribution in [0, 0.1) is 0 Å². The maximum absolute atomic E-state index is 5.11. The molecule has 0 saturated carbocycles. The minimum absolute atomic E-state index is 1.01. The molecule has 0 amide bonds. The molecule has 0 spiro atoms. The summed E-state index contributed by atoms with van der Waals surface area (Å²) in [7, 11) is 0. The Morgan fingerprint density at radius 1 is 0.786 bits per heavy atom. The first-order valence-electron chi connectivity index (χ1n) is 10.8. The highest BCUT2D eigenvalue weighted by Gasteiger charge is 1.95. The second kappa shape index (κ2) is 15.0. The Balaban J connectivity index is 2.19. The second-order valence-corrected chi connectivity index (χ2v) is 7.98. The van der Waals surface area contributed by atoms with Gasteiger partial charge < -0.3 is 4.42 Å². The van der Waals surface area contributed by atoms with Gasteiger partial charge in [0.1, 0.15) is 0 Å². The first kappa shape index (κ1) is 24.0. The Morgan fingerprint density at radius 2 is 1.29 bits per heavy atom. The van der Waals surface area contributed by atoms with Crippen molar-refractivity contribution in [2.75, 3.05) is 0 Å². The highest BCUT2D eigenvalue weighted by molar-refractivity contribution is 5.10. The molecule has 0 aliphatic heterocycles. The van der Waals surface area contributed by atoms with Crippen molar-refractivity contribution in [2.45, 2.75) is 85.5 Å². The Morgan fingerprint density at radius 3 is 1.75 bits per heavy atom. The lowest BCUT2D eigenvalue weighted by atomic mass is 10.0. The number of hydrogen-bond donors (Lipinski definition) is 0. The first-order chi connectivity index (χ1) is 13.5. The predicted molar refractivity (Wildman–Crippen MR) is 125 cm³/mol. The van der Waals surface area contributed by atoms with Crippen LogP contribution in [-0.4, -0.2) is 0 Å². The second-order valence-electron chi connectivity index (χ2n) is 7.98. The topological polar surface area (TPSA) is 13.1 Å². The molecule has 1 nitrogen and oxygen atoms in total. The lowest BCUT2D eigenvalue weighted by Crippen LogP contribution is -1.83. The third-order valence-corrected chi connectivity index (χ3v) is 5.07. The van der Waals surface area contributed by atoms with Crippen molar-refractivity contribution >= 4 is 0 Å². The summed E-state index contributed by atoms with van der Waals surface area (Å²) in [6, 6.07) is 2.05. The van der Waals surface area contributed by atoms with E-state index in [1.54, 1.807) is 6.26 Å². The van der Waals surface area contributed by atoms with Crippen molar-refractivity contribution < 1.29 is 4.42 Å². The third-order valence-electron chi connectivity index (χ3n) is 5.07. The number of rotatable bonds is 14. The van der Waals surface area contributed by atoms with Crippen LogP contribution < -0.4 is 0 Å². The molecular weight excluding hydrogens is 340 g/mol. The van der Waals surface area contributed by atoms with Crippen LogP contribution in [0.3, 0.4) is 0 Å². The molecule has 1 rings (SSSR count). The molecule has 0 saturated heterocycles. The first-order valence-corrected chi connectivity index (χ1v) is 10.8. The molecular formula is C27H40O. The number of allylic oxidation sites excluding steroid dienone is 9. The molecule has 0 unspecified atom stereocenters.